The van der Waals surface area contributed by atoms with E-state index in [1.54, 1.807) is 0 Å². The molecule has 0 aliphatic heterocycles. The highest BCUT2D eigenvalue weighted by Gasteiger charge is 2.32. The number of sulfonamides is 2. The Labute approximate surface area is 160 Å². The van der Waals surface area contributed by atoms with E-state index in [2.05, 4.69) is 4.72 Å². The van der Waals surface area contributed by atoms with E-state index >= 15 is 0 Å². The zero-order valence-electron chi connectivity index (χ0n) is 15.3. The topological polar surface area (TPSA) is 127 Å². The Kier molecular flexibility index (Phi) is 6.70. The second kappa shape index (κ2) is 8.13. The summed E-state index contributed by atoms with van der Waals surface area (Å²) in [5.41, 5.74) is 0. The summed E-state index contributed by atoms with van der Waals surface area (Å²) in [7, 11) is -8.58. The Bertz CT molecular complexity index is 969. The van der Waals surface area contributed by atoms with Crippen LogP contribution < -0.4 is 4.72 Å². The van der Waals surface area contributed by atoms with E-state index in [4.69, 9.17) is 4.18 Å². The van der Waals surface area contributed by atoms with Gasteiger partial charge in [-0.15, -0.1) is 0 Å². The summed E-state index contributed by atoms with van der Waals surface area (Å²) in [6, 6.07) is 4.16. The molecule has 0 bridgehead atoms. The molecule has 2 rings (SSSR count). The van der Waals surface area contributed by atoms with Gasteiger partial charge in [0.15, 0.2) is 0 Å². The Balaban J connectivity index is 2.22. The van der Waals surface area contributed by atoms with Gasteiger partial charge < -0.3 is 0 Å². The van der Waals surface area contributed by atoms with Gasteiger partial charge in [0.05, 0.1) is 22.2 Å². The molecule has 0 heterocycles. The third-order valence-electron chi connectivity index (χ3n) is 4.22. The van der Waals surface area contributed by atoms with E-state index in [1.807, 2.05) is 0 Å². The molecule has 1 aliphatic carbocycles. The maximum Gasteiger partial charge on any atom is 0.264 e. The number of benzene rings is 1. The number of nitrogens with zero attached hydrogens (tertiary/aromatic N) is 1. The highest BCUT2D eigenvalue weighted by molar-refractivity contribution is 7.89. The third-order valence-corrected chi connectivity index (χ3v) is 8.15. The van der Waals surface area contributed by atoms with Crippen LogP contribution in [0.3, 0.4) is 0 Å². The molecule has 154 valence electrons. The van der Waals surface area contributed by atoms with Gasteiger partial charge in [-0.3, -0.25) is 4.18 Å². The van der Waals surface area contributed by atoms with Crippen LogP contribution in [0, 0.1) is 0 Å². The lowest BCUT2D eigenvalue weighted by Crippen LogP contribution is -2.46. The molecule has 0 radical (unpaired) electrons. The standard InChI is InChI=1S/C15H24N2O7S3/c1-17(2)27(22,23)13-10-8-12(9-11-13)26(20,21)16-14-6-4-5-7-15(14)24-25(3,18)19/h8-11,14-16H,4-7H2,1-3H3. The molecule has 1 aromatic carbocycles. The minimum atomic E-state index is -3.96. The lowest BCUT2D eigenvalue weighted by molar-refractivity contribution is 0.133. The molecule has 12 heteroatoms. The van der Waals surface area contributed by atoms with Crippen LogP contribution >= 0.6 is 0 Å². The second-order valence-electron chi connectivity index (χ2n) is 6.61. The molecule has 0 aromatic heterocycles. The molecule has 1 saturated carbocycles. The minimum absolute atomic E-state index is 0.0256. The van der Waals surface area contributed by atoms with Crippen molar-refractivity contribution in [1.82, 2.24) is 9.03 Å². The molecule has 0 spiro atoms. The van der Waals surface area contributed by atoms with Crippen LogP contribution in [0.1, 0.15) is 25.7 Å². The zero-order chi connectivity index (χ0) is 20.5. The maximum absolute atomic E-state index is 12.6. The highest BCUT2D eigenvalue weighted by Crippen LogP contribution is 2.25. The van der Waals surface area contributed by atoms with Gasteiger partial charge in [-0.1, -0.05) is 12.8 Å². The van der Waals surface area contributed by atoms with E-state index in [-0.39, 0.29) is 9.79 Å². The monoisotopic (exact) mass is 440 g/mol. The third kappa shape index (κ3) is 5.72. The van der Waals surface area contributed by atoms with Gasteiger partial charge in [-0.25, -0.2) is 25.9 Å². The number of nitrogens with one attached hydrogen (secondary N) is 1. The van der Waals surface area contributed by atoms with Crippen molar-refractivity contribution in [3.63, 3.8) is 0 Å². The first-order valence-corrected chi connectivity index (χ1v) is 13.0. The zero-order valence-corrected chi connectivity index (χ0v) is 17.8. The van der Waals surface area contributed by atoms with Crippen molar-refractivity contribution in [2.45, 2.75) is 47.6 Å². The molecule has 2 atom stereocenters. The molecule has 0 amide bonds. The maximum atomic E-state index is 12.6. The first kappa shape index (κ1) is 22.2. The van der Waals surface area contributed by atoms with E-state index < -0.39 is 42.3 Å². The van der Waals surface area contributed by atoms with E-state index in [0.717, 1.165) is 23.4 Å². The van der Waals surface area contributed by atoms with Gasteiger partial charge in [0.2, 0.25) is 20.0 Å². The van der Waals surface area contributed by atoms with Crippen LogP contribution in [0.4, 0.5) is 0 Å². The van der Waals surface area contributed by atoms with Crippen molar-refractivity contribution >= 4 is 30.2 Å². The van der Waals surface area contributed by atoms with Gasteiger partial charge in [0.25, 0.3) is 10.1 Å². The Hall–Kier alpha value is -1.05. The minimum Gasteiger partial charge on any atom is -0.265 e. The molecule has 1 aliphatic rings. The first-order valence-electron chi connectivity index (χ1n) is 8.26. The lowest BCUT2D eigenvalue weighted by atomic mass is 9.93. The van der Waals surface area contributed by atoms with Gasteiger partial charge in [0.1, 0.15) is 0 Å². The summed E-state index contributed by atoms with van der Waals surface area (Å²) in [6.07, 6.45) is 2.54. The van der Waals surface area contributed by atoms with Crippen LogP contribution in [0.25, 0.3) is 0 Å². The quantitative estimate of drug-likeness (QED) is 0.612. The Morgan fingerprint density at radius 2 is 1.44 bits per heavy atom. The van der Waals surface area contributed by atoms with Gasteiger partial charge >= 0.3 is 0 Å². The van der Waals surface area contributed by atoms with Crippen molar-refractivity contribution in [2.24, 2.45) is 0 Å². The molecule has 1 fully saturated rings. The highest BCUT2D eigenvalue weighted by atomic mass is 32.2. The summed E-state index contributed by atoms with van der Waals surface area (Å²) in [4.78, 5) is -0.133. The van der Waals surface area contributed by atoms with Crippen LogP contribution in [0.15, 0.2) is 34.1 Å². The van der Waals surface area contributed by atoms with E-state index in [1.165, 1.54) is 38.4 Å². The smallest absolute Gasteiger partial charge is 0.264 e. The van der Waals surface area contributed by atoms with Crippen LogP contribution in [-0.4, -0.2) is 62.1 Å². The fourth-order valence-electron chi connectivity index (χ4n) is 2.84. The summed E-state index contributed by atoms with van der Waals surface area (Å²) in [6.45, 7) is 0. The van der Waals surface area contributed by atoms with Crippen molar-refractivity contribution in [2.75, 3.05) is 20.4 Å². The lowest BCUT2D eigenvalue weighted by Gasteiger charge is -2.30. The molecular weight excluding hydrogens is 416 g/mol. The van der Waals surface area contributed by atoms with Crippen molar-refractivity contribution in [1.29, 1.82) is 0 Å². The fraction of sp³-hybridized carbons (Fsp3) is 0.600. The summed E-state index contributed by atoms with van der Waals surface area (Å²) in [5.74, 6) is 0. The first-order chi connectivity index (χ1) is 12.3. The largest absolute Gasteiger partial charge is 0.265 e. The summed E-state index contributed by atoms with van der Waals surface area (Å²) >= 11 is 0. The number of hydrogen-bond acceptors (Lipinski definition) is 7. The van der Waals surface area contributed by atoms with Crippen LogP contribution in [0.2, 0.25) is 0 Å². The van der Waals surface area contributed by atoms with Gasteiger partial charge in [-0.05, 0) is 37.1 Å². The molecule has 1 aromatic rings. The second-order valence-corrected chi connectivity index (χ2v) is 12.1. The summed E-state index contributed by atoms with van der Waals surface area (Å²) < 4.78 is 80.8. The molecule has 9 nitrogen and oxygen atoms in total. The predicted molar refractivity (Wildman–Crippen MR) is 99.6 cm³/mol. The molecule has 1 N–H and O–H groups in total. The number of rotatable bonds is 7. The van der Waals surface area contributed by atoms with E-state index in [9.17, 15) is 25.3 Å². The number of hydrogen-bond donors (Lipinski definition) is 1. The van der Waals surface area contributed by atoms with Crippen molar-refractivity contribution in [3.8, 4) is 0 Å². The normalized spacial score (nSPS) is 22.1. The Morgan fingerprint density at radius 1 is 0.926 bits per heavy atom. The van der Waals surface area contributed by atoms with Gasteiger partial charge in [0, 0.05) is 20.1 Å². The van der Waals surface area contributed by atoms with E-state index in [0.29, 0.717) is 12.8 Å². The molecule has 27 heavy (non-hydrogen) atoms. The Morgan fingerprint density at radius 3 is 1.96 bits per heavy atom. The molecule has 0 saturated heterocycles. The molecular formula is C15H24N2O7S3. The van der Waals surface area contributed by atoms with Crippen molar-refractivity contribution in [3.05, 3.63) is 24.3 Å². The predicted octanol–water partition coefficient (Wildman–Crippen LogP) is 0.503. The summed E-state index contributed by atoms with van der Waals surface area (Å²) in [5, 5.41) is 0. The fourth-order valence-corrected chi connectivity index (χ4v) is 5.72. The van der Waals surface area contributed by atoms with Crippen LogP contribution in [0.5, 0.6) is 0 Å². The van der Waals surface area contributed by atoms with Gasteiger partial charge in [-0.2, -0.15) is 8.42 Å². The van der Waals surface area contributed by atoms with Crippen LogP contribution in [-0.2, 0) is 34.3 Å². The van der Waals surface area contributed by atoms with Crippen molar-refractivity contribution < 1.29 is 29.4 Å². The average Bonchev–Trinajstić information content (AvgIpc) is 2.55. The molecule has 2 unspecified atom stereocenters. The SMILES string of the molecule is CN(C)S(=O)(=O)c1ccc(S(=O)(=O)NC2CCCCC2OS(C)(=O)=O)cc1. The average molecular weight is 441 g/mol.